The minimum atomic E-state index is 0.253. The number of amides is 1. The predicted octanol–water partition coefficient (Wildman–Crippen LogP) is 0.833. The number of hydrogen-bond donors (Lipinski definition) is 0. The van der Waals surface area contributed by atoms with Crippen LogP contribution in [0.5, 0.6) is 0 Å². The van der Waals surface area contributed by atoms with Crippen LogP contribution in [0, 0.1) is 5.92 Å². The van der Waals surface area contributed by atoms with Gasteiger partial charge in [-0.1, -0.05) is 0 Å². The van der Waals surface area contributed by atoms with Gasteiger partial charge in [0.2, 0.25) is 5.91 Å². The maximum Gasteiger partial charge on any atom is 0.236 e. The number of likely N-dealkylation sites (tertiary alicyclic amines) is 1. The van der Waals surface area contributed by atoms with Crippen LogP contribution in [0.15, 0.2) is 12.5 Å². The Balaban J connectivity index is 1.06. The lowest BCUT2D eigenvalue weighted by Gasteiger charge is -2.40. The van der Waals surface area contributed by atoms with E-state index >= 15 is 0 Å². The summed E-state index contributed by atoms with van der Waals surface area (Å²) in [6, 6.07) is 0. The van der Waals surface area contributed by atoms with E-state index in [2.05, 4.69) is 43.6 Å². The Morgan fingerprint density at radius 3 is 2.41 bits per heavy atom. The van der Waals surface area contributed by atoms with Crippen molar-refractivity contribution in [2.45, 2.75) is 38.9 Å². The van der Waals surface area contributed by atoms with E-state index in [9.17, 15) is 4.79 Å². The van der Waals surface area contributed by atoms with Crippen molar-refractivity contribution in [3.63, 3.8) is 0 Å². The fourth-order valence-electron chi connectivity index (χ4n) is 5.79. The van der Waals surface area contributed by atoms with E-state index in [0.717, 1.165) is 81.7 Å². The zero-order valence-electron chi connectivity index (χ0n) is 20.8. The summed E-state index contributed by atoms with van der Waals surface area (Å²) in [6.45, 7) is 13.2. The number of nitrogens with zero attached hydrogens (tertiary/aromatic N) is 8. The first-order valence-corrected chi connectivity index (χ1v) is 12.7. The average Bonchev–Trinajstić information content (AvgIpc) is 3.21. The molecule has 3 saturated heterocycles. The van der Waals surface area contributed by atoms with Crippen molar-refractivity contribution in [1.29, 1.82) is 0 Å². The molecule has 186 valence electrons. The Kier molecular flexibility index (Phi) is 6.99. The molecule has 2 unspecified atom stereocenters. The molecule has 5 heterocycles. The lowest BCUT2D eigenvalue weighted by Crippen LogP contribution is -2.52. The number of aromatic nitrogens is 4. The van der Waals surface area contributed by atoms with Crippen molar-refractivity contribution in [2.75, 3.05) is 70.3 Å². The lowest BCUT2D eigenvalue weighted by atomic mass is 9.95. The summed E-state index contributed by atoms with van der Waals surface area (Å²) in [4.78, 5) is 31.0. The Labute approximate surface area is 201 Å². The SMILES string of the molecule is CC1CN(CC2CCN(CC(=O)N3CCN(c4ncnc5c4cnn5C)CC3)CC2)CC(C)O1. The maximum absolute atomic E-state index is 13.0. The fourth-order valence-corrected chi connectivity index (χ4v) is 5.79. The summed E-state index contributed by atoms with van der Waals surface area (Å²) >= 11 is 0. The van der Waals surface area contributed by atoms with E-state index in [-0.39, 0.29) is 5.91 Å². The predicted molar refractivity (Wildman–Crippen MR) is 131 cm³/mol. The topological polar surface area (TPSA) is 82.9 Å². The molecule has 0 N–H and O–H groups in total. The molecule has 0 aliphatic carbocycles. The Morgan fingerprint density at radius 2 is 1.71 bits per heavy atom. The quantitative estimate of drug-likeness (QED) is 0.636. The van der Waals surface area contributed by atoms with E-state index in [1.165, 1.54) is 12.8 Å². The second-order valence-electron chi connectivity index (χ2n) is 10.3. The molecule has 3 fully saturated rings. The molecule has 5 rings (SSSR count). The monoisotopic (exact) mass is 470 g/mol. The maximum atomic E-state index is 13.0. The van der Waals surface area contributed by atoms with Gasteiger partial charge in [-0.2, -0.15) is 5.10 Å². The van der Waals surface area contributed by atoms with Crippen LogP contribution in [-0.4, -0.2) is 118 Å². The lowest BCUT2D eigenvalue weighted by molar-refractivity contribution is -0.133. The number of morpholine rings is 1. The van der Waals surface area contributed by atoms with Gasteiger partial charge in [0.15, 0.2) is 5.65 Å². The Hall–Kier alpha value is -2.30. The number of carbonyl (C=O) groups excluding carboxylic acids is 1. The first-order valence-electron chi connectivity index (χ1n) is 12.7. The van der Waals surface area contributed by atoms with Crippen LogP contribution in [-0.2, 0) is 16.6 Å². The molecule has 2 aromatic rings. The number of ether oxygens (including phenoxy) is 1. The third-order valence-electron chi connectivity index (χ3n) is 7.52. The molecule has 2 atom stereocenters. The van der Waals surface area contributed by atoms with Gasteiger partial charge in [-0.3, -0.25) is 19.3 Å². The number of hydrogen-bond acceptors (Lipinski definition) is 8. The smallest absolute Gasteiger partial charge is 0.236 e. The van der Waals surface area contributed by atoms with Crippen LogP contribution in [0.3, 0.4) is 0 Å². The van der Waals surface area contributed by atoms with Crippen molar-refractivity contribution in [1.82, 2.24) is 34.4 Å². The third kappa shape index (κ3) is 5.18. The minimum Gasteiger partial charge on any atom is -0.373 e. The van der Waals surface area contributed by atoms with Gasteiger partial charge in [-0.05, 0) is 45.7 Å². The molecule has 10 heteroatoms. The van der Waals surface area contributed by atoms with Gasteiger partial charge in [-0.15, -0.1) is 0 Å². The van der Waals surface area contributed by atoms with E-state index in [1.807, 2.05) is 18.1 Å². The molecule has 0 radical (unpaired) electrons. The second kappa shape index (κ2) is 10.1. The molecular formula is C24H38N8O2. The van der Waals surface area contributed by atoms with Crippen LogP contribution >= 0.6 is 0 Å². The highest BCUT2D eigenvalue weighted by Gasteiger charge is 2.29. The average molecular weight is 471 g/mol. The molecule has 1 amide bonds. The van der Waals surface area contributed by atoms with E-state index < -0.39 is 0 Å². The number of aryl methyl sites for hydroxylation is 1. The first kappa shape index (κ1) is 23.4. The van der Waals surface area contributed by atoms with E-state index in [0.29, 0.717) is 18.8 Å². The Bertz CT molecular complexity index is 971. The van der Waals surface area contributed by atoms with Gasteiger partial charge in [0, 0.05) is 52.9 Å². The van der Waals surface area contributed by atoms with Crippen LogP contribution in [0.2, 0.25) is 0 Å². The van der Waals surface area contributed by atoms with Crippen molar-refractivity contribution in [3.8, 4) is 0 Å². The zero-order chi connectivity index (χ0) is 23.7. The molecular weight excluding hydrogens is 432 g/mol. The number of fused-ring (bicyclic) bond motifs is 1. The van der Waals surface area contributed by atoms with Crippen LogP contribution < -0.4 is 4.90 Å². The van der Waals surface area contributed by atoms with Gasteiger partial charge >= 0.3 is 0 Å². The molecule has 10 nitrogen and oxygen atoms in total. The summed E-state index contributed by atoms with van der Waals surface area (Å²) in [5.41, 5.74) is 0.838. The normalized spacial score (nSPS) is 25.9. The molecule has 3 aliphatic rings. The number of piperidine rings is 1. The molecule has 0 bridgehead atoms. The van der Waals surface area contributed by atoms with Crippen molar-refractivity contribution in [2.24, 2.45) is 13.0 Å². The molecule has 0 saturated carbocycles. The highest BCUT2D eigenvalue weighted by molar-refractivity contribution is 5.87. The van der Waals surface area contributed by atoms with Gasteiger partial charge in [0.25, 0.3) is 0 Å². The Morgan fingerprint density at radius 1 is 1.00 bits per heavy atom. The van der Waals surface area contributed by atoms with Crippen LogP contribution in [0.1, 0.15) is 26.7 Å². The van der Waals surface area contributed by atoms with E-state index in [1.54, 1.807) is 11.0 Å². The van der Waals surface area contributed by atoms with Gasteiger partial charge in [-0.25, -0.2) is 9.97 Å². The van der Waals surface area contributed by atoms with Crippen molar-refractivity contribution < 1.29 is 9.53 Å². The van der Waals surface area contributed by atoms with Crippen LogP contribution in [0.4, 0.5) is 5.82 Å². The summed E-state index contributed by atoms with van der Waals surface area (Å²) in [6.07, 6.45) is 6.43. The number of piperazine rings is 1. The number of anilines is 1. The van der Waals surface area contributed by atoms with Gasteiger partial charge in [0.1, 0.15) is 12.1 Å². The number of carbonyl (C=O) groups is 1. The highest BCUT2D eigenvalue weighted by atomic mass is 16.5. The molecule has 0 aromatic carbocycles. The van der Waals surface area contributed by atoms with E-state index in [4.69, 9.17) is 4.74 Å². The summed E-state index contributed by atoms with van der Waals surface area (Å²) < 4.78 is 7.64. The summed E-state index contributed by atoms with van der Waals surface area (Å²) in [5.74, 6) is 1.89. The highest BCUT2D eigenvalue weighted by Crippen LogP contribution is 2.24. The molecule has 34 heavy (non-hydrogen) atoms. The summed E-state index contributed by atoms with van der Waals surface area (Å²) in [7, 11) is 1.89. The first-order chi connectivity index (χ1) is 16.5. The standard InChI is InChI=1S/C24H38N8O2/c1-18-13-30(14-19(2)34-18)15-20-4-6-29(7-5-20)16-22(33)31-8-10-32(11-9-31)24-21-12-27-28(3)23(21)25-17-26-24/h12,17-20H,4-11,13-16H2,1-3H3. The fraction of sp³-hybridized carbons (Fsp3) is 0.750. The molecule has 3 aliphatic heterocycles. The van der Waals surface area contributed by atoms with Gasteiger partial charge < -0.3 is 14.5 Å². The summed E-state index contributed by atoms with van der Waals surface area (Å²) in [5, 5.41) is 5.28. The molecule has 2 aromatic heterocycles. The zero-order valence-corrected chi connectivity index (χ0v) is 20.8. The van der Waals surface area contributed by atoms with Crippen molar-refractivity contribution in [3.05, 3.63) is 12.5 Å². The van der Waals surface area contributed by atoms with Gasteiger partial charge in [0.05, 0.1) is 30.3 Å². The largest absolute Gasteiger partial charge is 0.373 e. The molecule has 0 spiro atoms. The minimum absolute atomic E-state index is 0.253. The number of rotatable bonds is 5. The van der Waals surface area contributed by atoms with Crippen LogP contribution in [0.25, 0.3) is 11.0 Å². The second-order valence-corrected chi connectivity index (χ2v) is 10.3. The third-order valence-corrected chi connectivity index (χ3v) is 7.52. The van der Waals surface area contributed by atoms with Crippen molar-refractivity contribution >= 4 is 22.8 Å².